The first-order valence-electron chi connectivity index (χ1n) is 8.80. The molecule has 140 valence electrons. The van der Waals surface area contributed by atoms with E-state index in [0.29, 0.717) is 0 Å². The van der Waals surface area contributed by atoms with Gasteiger partial charge in [-0.3, -0.25) is 4.98 Å². The summed E-state index contributed by atoms with van der Waals surface area (Å²) < 4.78 is 11.4. The first kappa shape index (κ1) is 19.1. The summed E-state index contributed by atoms with van der Waals surface area (Å²) in [5.74, 6) is 0.344. The van der Waals surface area contributed by atoms with Crippen LogP contribution in [0.15, 0.2) is 59.6 Å². The number of benzene rings is 1. The molecule has 0 fully saturated rings. The van der Waals surface area contributed by atoms with Crippen LogP contribution in [-0.4, -0.2) is 17.6 Å². The predicted molar refractivity (Wildman–Crippen MR) is 109 cm³/mol. The molecule has 0 unspecified atom stereocenters. The van der Waals surface area contributed by atoms with Gasteiger partial charge in [0, 0.05) is 35.0 Å². The minimum atomic E-state index is -0.737. The lowest BCUT2D eigenvalue weighted by Gasteiger charge is -2.25. The Morgan fingerprint density at radius 3 is 2.26 bits per heavy atom. The maximum absolute atomic E-state index is 12.3. The fourth-order valence-corrected chi connectivity index (χ4v) is 4.54. The van der Waals surface area contributed by atoms with E-state index in [-0.39, 0.29) is 17.1 Å². The number of carbonyl (C=O) groups is 1. The van der Waals surface area contributed by atoms with Gasteiger partial charge in [0.05, 0.1) is 0 Å². The van der Waals surface area contributed by atoms with Crippen LogP contribution in [0, 0.1) is 13.8 Å². The molecule has 0 amide bonds. The average Bonchev–Trinajstić information content (AvgIpc) is 3.16. The minimum Gasteiger partial charge on any atom is -0.481 e. The SMILES string of the molecule is Cc1cc(-[s+]2cccc2)cc(C)c1OCC(=O)OC(C)(C)c1ccncc1. The zero-order chi connectivity index (χ0) is 19.4. The van der Waals surface area contributed by atoms with Gasteiger partial charge in [-0.15, -0.1) is 0 Å². The number of hydrogen-bond donors (Lipinski definition) is 0. The number of nitrogens with zero attached hydrogens (tertiary/aromatic N) is 1. The Kier molecular flexibility index (Phi) is 5.61. The molecule has 0 atom stereocenters. The Bertz CT molecular complexity index is 895. The normalized spacial score (nSPS) is 11.3. The number of ether oxygens (including phenoxy) is 2. The Labute approximate surface area is 162 Å². The number of aromatic nitrogens is 1. The van der Waals surface area contributed by atoms with Crippen LogP contribution < -0.4 is 4.74 Å². The van der Waals surface area contributed by atoms with Crippen molar-refractivity contribution in [3.05, 3.63) is 76.2 Å². The number of esters is 1. The topological polar surface area (TPSA) is 48.4 Å². The van der Waals surface area contributed by atoms with Crippen molar-refractivity contribution < 1.29 is 14.3 Å². The van der Waals surface area contributed by atoms with Crippen LogP contribution in [-0.2, 0) is 15.1 Å². The van der Waals surface area contributed by atoms with Crippen LogP contribution in [0.5, 0.6) is 5.75 Å². The second-order valence-electron chi connectivity index (χ2n) is 6.92. The summed E-state index contributed by atoms with van der Waals surface area (Å²) in [6, 6.07) is 12.1. The smallest absolute Gasteiger partial charge is 0.345 e. The van der Waals surface area contributed by atoms with Crippen LogP contribution >= 0.6 is 10.5 Å². The summed E-state index contributed by atoms with van der Waals surface area (Å²) in [6.45, 7) is 7.60. The van der Waals surface area contributed by atoms with Crippen molar-refractivity contribution in [3.8, 4) is 10.6 Å². The third-order valence-corrected chi connectivity index (χ3v) is 6.03. The van der Waals surface area contributed by atoms with E-state index in [1.165, 1.54) is 4.90 Å². The first-order valence-corrected chi connectivity index (χ1v) is 10.2. The van der Waals surface area contributed by atoms with Crippen LogP contribution in [0.4, 0.5) is 0 Å². The molecule has 27 heavy (non-hydrogen) atoms. The third kappa shape index (κ3) is 4.55. The Morgan fingerprint density at radius 2 is 1.67 bits per heavy atom. The van der Waals surface area contributed by atoms with E-state index in [1.54, 1.807) is 12.4 Å². The van der Waals surface area contributed by atoms with Crippen molar-refractivity contribution in [3.63, 3.8) is 0 Å². The van der Waals surface area contributed by atoms with Gasteiger partial charge in [-0.05, 0) is 68.7 Å². The van der Waals surface area contributed by atoms with E-state index in [0.717, 1.165) is 22.4 Å². The molecule has 2 heterocycles. The van der Waals surface area contributed by atoms with Crippen molar-refractivity contribution >= 4 is 16.4 Å². The Hall–Kier alpha value is -2.66. The number of aryl methyl sites for hydroxylation is 2. The molecule has 3 aromatic rings. The number of carbonyl (C=O) groups excluding carboxylic acids is 1. The molecule has 5 heteroatoms. The molecule has 4 nitrogen and oxygen atoms in total. The van der Waals surface area contributed by atoms with Gasteiger partial charge in [0.25, 0.3) is 0 Å². The Morgan fingerprint density at radius 1 is 1.07 bits per heavy atom. The number of thiophene rings is 1. The number of hydrogen-bond acceptors (Lipinski definition) is 4. The molecule has 0 spiro atoms. The van der Waals surface area contributed by atoms with Gasteiger partial charge >= 0.3 is 5.97 Å². The summed E-state index contributed by atoms with van der Waals surface area (Å²) >= 11 is 0. The molecule has 0 saturated carbocycles. The van der Waals surface area contributed by atoms with Crippen molar-refractivity contribution in [1.82, 2.24) is 4.98 Å². The highest BCUT2D eigenvalue weighted by Gasteiger charge is 2.25. The van der Waals surface area contributed by atoms with Crippen molar-refractivity contribution in [2.24, 2.45) is 0 Å². The maximum Gasteiger partial charge on any atom is 0.345 e. The standard InChI is InChI=1S/C22H24NO3S/c1-16-13-19(27-11-5-6-12-27)14-17(2)21(16)25-15-20(24)26-22(3,4)18-7-9-23-10-8-18/h5-14H,15H2,1-4H3/q+1. The average molecular weight is 383 g/mol. The summed E-state index contributed by atoms with van der Waals surface area (Å²) in [7, 11) is 0.0198. The predicted octanol–water partition coefficient (Wildman–Crippen LogP) is 5.29. The molecule has 0 N–H and O–H groups in total. The molecule has 0 radical (unpaired) electrons. The van der Waals surface area contributed by atoms with E-state index in [4.69, 9.17) is 9.47 Å². The van der Waals surface area contributed by atoms with Crippen molar-refractivity contribution in [2.45, 2.75) is 33.3 Å². The zero-order valence-corrected chi connectivity index (χ0v) is 16.9. The highest BCUT2D eigenvalue weighted by molar-refractivity contribution is 7.36. The van der Waals surface area contributed by atoms with Gasteiger partial charge < -0.3 is 9.47 Å². The molecule has 3 rings (SSSR count). The minimum absolute atomic E-state index is 0.0198. The van der Waals surface area contributed by atoms with E-state index >= 15 is 0 Å². The molecule has 1 aromatic carbocycles. The Balaban J connectivity index is 1.67. The summed E-state index contributed by atoms with van der Waals surface area (Å²) in [6.07, 6.45) is 3.37. The fraction of sp³-hybridized carbons (Fsp3) is 0.273. The molecule has 0 bridgehead atoms. The van der Waals surface area contributed by atoms with Gasteiger partial charge in [0.15, 0.2) is 11.5 Å². The molecule has 0 saturated heterocycles. The van der Waals surface area contributed by atoms with Crippen LogP contribution in [0.2, 0.25) is 0 Å². The second-order valence-corrected chi connectivity index (χ2v) is 8.68. The largest absolute Gasteiger partial charge is 0.481 e. The quantitative estimate of drug-likeness (QED) is 0.429. The second kappa shape index (κ2) is 7.92. The highest BCUT2D eigenvalue weighted by Crippen LogP contribution is 2.36. The van der Waals surface area contributed by atoms with E-state index in [2.05, 4.69) is 40.0 Å². The maximum atomic E-state index is 12.3. The van der Waals surface area contributed by atoms with Gasteiger partial charge in [0.2, 0.25) is 0 Å². The summed E-state index contributed by atoms with van der Waals surface area (Å²) in [5, 5.41) is 4.38. The fourth-order valence-electron chi connectivity index (χ4n) is 2.99. The molecule has 2 aromatic heterocycles. The summed E-state index contributed by atoms with van der Waals surface area (Å²) in [5.41, 5.74) is 2.19. The third-order valence-electron chi connectivity index (χ3n) is 4.35. The summed E-state index contributed by atoms with van der Waals surface area (Å²) in [4.78, 5) is 17.6. The molecule has 0 aliphatic rings. The van der Waals surface area contributed by atoms with E-state index in [1.807, 2.05) is 39.8 Å². The van der Waals surface area contributed by atoms with Crippen LogP contribution in [0.25, 0.3) is 4.90 Å². The van der Waals surface area contributed by atoms with Gasteiger partial charge in [-0.25, -0.2) is 4.79 Å². The lowest BCUT2D eigenvalue weighted by molar-refractivity contribution is -0.159. The van der Waals surface area contributed by atoms with Gasteiger partial charge in [-0.1, -0.05) is 0 Å². The van der Waals surface area contributed by atoms with Gasteiger partial charge in [-0.2, -0.15) is 0 Å². The van der Waals surface area contributed by atoms with Crippen molar-refractivity contribution in [1.29, 1.82) is 0 Å². The molecule has 0 aliphatic heterocycles. The lowest BCUT2D eigenvalue weighted by atomic mass is 9.99. The van der Waals surface area contributed by atoms with E-state index < -0.39 is 11.6 Å². The molecular formula is C22H24NO3S+. The van der Waals surface area contributed by atoms with Gasteiger partial charge in [0.1, 0.15) is 22.1 Å². The first-order chi connectivity index (χ1) is 12.9. The number of pyridine rings is 1. The van der Waals surface area contributed by atoms with Crippen LogP contribution in [0.3, 0.4) is 0 Å². The molecular weight excluding hydrogens is 358 g/mol. The monoisotopic (exact) mass is 382 g/mol. The number of rotatable bonds is 6. The van der Waals surface area contributed by atoms with Crippen LogP contribution in [0.1, 0.15) is 30.5 Å². The lowest BCUT2D eigenvalue weighted by Crippen LogP contribution is -2.28. The van der Waals surface area contributed by atoms with E-state index in [9.17, 15) is 4.79 Å². The highest BCUT2D eigenvalue weighted by atomic mass is 32.2. The van der Waals surface area contributed by atoms with Crippen molar-refractivity contribution in [2.75, 3.05) is 6.61 Å². The zero-order valence-electron chi connectivity index (χ0n) is 16.1. The molecule has 0 aliphatic carbocycles.